The third kappa shape index (κ3) is 4.94. The Morgan fingerprint density at radius 3 is 2.05 bits per heavy atom. The highest BCUT2D eigenvalue weighted by atomic mass is 32.2. The van der Waals surface area contributed by atoms with E-state index in [4.69, 9.17) is 10.9 Å². The van der Waals surface area contributed by atoms with Crippen LogP contribution in [0.1, 0.15) is 23.6 Å². The highest BCUT2D eigenvalue weighted by Gasteiger charge is 2.52. The molecular formula is C25H19F6N7O3S. The van der Waals surface area contributed by atoms with Crippen molar-refractivity contribution in [1.29, 1.82) is 0 Å². The van der Waals surface area contributed by atoms with E-state index in [9.17, 15) is 39.6 Å². The van der Waals surface area contributed by atoms with Gasteiger partial charge in [-0.1, -0.05) is 24.3 Å². The van der Waals surface area contributed by atoms with Crippen LogP contribution in [0.25, 0.3) is 11.1 Å². The summed E-state index contributed by atoms with van der Waals surface area (Å²) < 4.78 is 107. The number of carbonyl (C=O) groups is 1. The van der Waals surface area contributed by atoms with E-state index in [0.29, 0.717) is 33.7 Å². The summed E-state index contributed by atoms with van der Waals surface area (Å²) in [6, 6.07) is 7.05. The number of primary sulfonamides is 1. The summed E-state index contributed by atoms with van der Waals surface area (Å²) >= 11 is 0. The Balaban J connectivity index is 1.64. The van der Waals surface area contributed by atoms with Crippen molar-refractivity contribution >= 4 is 33.4 Å². The lowest BCUT2D eigenvalue weighted by Crippen LogP contribution is -2.42. The molecule has 2 aromatic carbocycles. The van der Waals surface area contributed by atoms with Crippen LogP contribution in [-0.2, 0) is 39.1 Å². The number of benzene rings is 2. The Kier molecular flexibility index (Phi) is 6.57. The first kappa shape index (κ1) is 29.0. The highest BCUT2D eigenvalue weighted by Crippen LogP contribution is 2.46. The van der Waals surface area contributed by atoms with Crippen LogP contribution in [0.15, 0.2) is 66.2 Å². The van der Waals surface area contributed by atoms with Crippen LogP contribution in [0.4, 0.5) is 43.8 Å². The standard InChI is InChI=1S/C25H19F6N7O3S/c1-23(9-13-2-4-14(5-3-13)18-10-34-12-36-20(18)32)21(39)37(22-35-11-19(38(22)23)42(33,40)41)17-7-15(24(26,27)28)6-16(8-17)25(29,30)31/h2-8,10-12H,9H2,1H3,(H2,32,34,36)(H2,33,40,41). The molecule has 0 fully saturated rings. The van der Waals surface area contributed by atoms with Crippen LogP contribution >= 0.6 is 0 Å². The van der Waals surface area contributed by atoms with Gasteiger partial charge in [-0.2, -0.15) is 26.3 Å². The average molecular weight is 612 g/mol. The summed E-state index contributed by atoms with van der Waals surface area (Å²) in [7, 11) is -4.55. The number of nitrogens with zero attached hydrogens (tertiary/aromatic N) is 5. The SMILES string of the molecule is CC1(Cc2ccc(-c3cncnc3N)cc2)C(=O)N(c2cc(C(F)(F)F)cc(C(F)(F)F)c2)c2ncc(S(N)(=O)=O)n21. The number of carbonyl (C=O) groups excluding carboxylic acids is 1. The number of hydrogen-bond donors (Lipinski definition) is 2. The number of imidazole rings is 1. The number of nitrogens with two attached hydrogens (primary N) is 2. The number of nitrogen functional groups attached to an aromatic ring is 1. The minimum atomic E-state index is -5.20. The van der Waals surface area contributed by atoms with Gasteiger partial charge in [0.2, 0.25) is 5.95 Å². The van der Waals surface area contributed by atoms with Gasteiger partial charge in [0, 0.05) is 18.2 Å². The highest BCUT2D eigenvalue weighted by molar-refractivity contribution is 7.89. The molecule has 4 N–H and O–H groups in total. The lowest BCUT2D eigenvalue weighted by atomic mass is 9.91. The second-order valence-electron chi connectivity index (χ2n) is 9.65. The molecule has 0 bridgehead atoms. The van der Waals surface area contributed by atoms with Gasteiger partial charge in [0.15, 0.2) is 5.03 Å². The zero-order valence-electron chi connectivity index (χ0n) is 21.3. The number of fused-ring (bicyclic) bond motifs is 1. The fourth-order valence-corrected chi connectivity index (χ4v) is 5.53. The first-order valence-electron chi connectivity index (χ1n) is 11.8. The van der Waals surface area contributed by atoms with Gasteiger partial charge in [0.25, 0.3) is 15.9 Å². The van der Waals surface area contributed by atoms with Crippen molar-refractivity contribution < 1.29 is 39.6 Å². The summed E-state index contributed by atoms with van der Waals surface area (Å²) in [5, 5.41) is 4.68. The Morgan fingerprint density at radius 1 is 0.929 bits per heavy atom. The molecule has 1 aliphatic heterocycles. The molecule has 4 aromatic rings. The number of aromatic nitrogens is 4. The molecular weight excluding hydrogens is 592 g/mol. The molecule has 1 aliphatic rings. The summed E-state index contributed by atoms with van der Waals surface area (Å²) in [5.74, 6) is -1.36. The van der Waals surface area contributed by atoms with E-state index in [0.717, 1.165) is 10.8 Å². The molecule has 3 heterocycles. The zero-order valence-corrected chi connectivity index (χ0v) is 22.1. The summed E-state index contributed by atoms with van der Waals surface area (Å²) in [6.45, 7) is 1.28. The van der Waals surface area contributed by atoms with E-state index < -0.39 is 61.6 Å². The number of amides is 1. The molecule has 1 atom stereocenters. The predicted molar refractivity (Wildman–Crippen MR) is 136 cm³/mol. The lowest BCUT2D eigenvalue weighted by Gasteiger charge is -2.26. The zero-order chi connectivity index (χ0) is 30.8. The quantitative estimate of drug-likeness (QED) is 0.321. The van der Waals surface area contributed by atoms with Gasteiger partial charge in [-0.3, -0.25) is 9.36 Å². The van der Waals surface area contributed by atoms with E-state index >= 15 is 0 Å². The van der Waals surface area contributed by atoms with Crippen LogP contribution in [0, 0.1) is 0 Å². The van der Waals surface area contributed by atoms with Gasteiger partial charge in [0.1, 0.15) is 17.7 Å². The molecule has 0 radical (unpaired) electrons. The fourth-order valence-electron chi connectivity index (χ4n) is 4.79. The van der Waals surface area contributed by atoms with Crippen molar-refractivity contribution in [2.75, 3.05) is 10.6 Å². The molecule has 0 spiro atoms. The number of rotatable bonds is 5. The molecule has 42 heavy (non-hydrogen) atoms. The van der Waals surface area contributed by atoms with E-state index in [-0.39, 0.29) is 18.3 Å². The smallest absolute Gasteiger partial charge is 0.383 e. The monoisotopic (exact) mass is 611 g/mol. The number of alkyl halides is 6. The van der Waals surface area contributed by atoms with Crippen LogP contribution in [0.5, 0.6) is 0 Å². The average Bonchev–Trinajstić information content (AvgIpc) is 3.42. The van der Waals surface area contributed by atoms with Crippen molar-refractivity contribution in [3.8, 4) is 11.1 Å². The van der Waals surface area contributed by atoms with Gasteiger partial charge in [-0.15, -0.1) is 0 Å². The molecule has 10 nitrogen and oxygen atoms in total. The Morgan fingerprint density at radius 2 is 1.52 bits per heavy atom. The van der Waals surface area contributed by atoms with E-state index in [1.807, 2.05) is 0 Å². The molecule has 17 heteroatoms. The maximum absolute atomic E-state index is 13.9. The van der Waals surface area contributed by atoms with Gasteiger partial charge in [-0.25, -0.2) is 33.4 Å². The second kappa shape index (κ2) is 9.52. The maximum Gasteiger partial charge on any atom is 0.416 e. The lowest BCUT2D eigenvalue weighted by molar-refractivity contribution is -0.143. The van der Waals surface area contributed by atoms with Gasteiger partial charge in [-0.05, 0) is 36.2 Å². The largest absolute Gasteiger partial charge is 0.416 e. The molecule has 1 amide bonds. The molecule has 2 aromatic heterocycles. The Hall–Kier alpha value is -4.51. The van der Waals surface area contributed by atoms with Crippen molar-refractivity contribution in [2.24, 2.45) is 5.14 Å². The third-order valence-corrected chi connectivity index (χ3v) is 7.62. The Bertz CT molecular complexity index is 1790. The minimum absolute atomic E-state index is 0.0857. The van der Waals surface area contributed by atoms with Crippen molar-refractivity contribution in [2.45, 2.75) is 36.3 Å². The summed E-state index contributed by atoms with van der Waals surface area (Å²) in [4.78, 5) is 26.1. The first-order valence-corrected chi connectivity index (χ1v) is 13.4. The van der Waals surface area contributed by atoms with E-state index in [1.165, 1.54) is 19.4 Å². The van der Waals surface area contributed by atoms with Gasteiger partial charge < -0.3 is 5.73 Å². The molecule has 0 saturated heterocycles. The number of anilines is 3. The molecule has 1 unspecified atom stereocenters. The minimum Gasteiger partial charge on any atom is -0.383 e. The maximum atomic E-state index is 13.9. The van der Waals surface area contributed by atoms with Crippen LogP contribution in [-0.4, -0.2) is 33.8 Å². The van der Waals surface area contributed by atoms with Crippen molar-refractivity contribution in [3.63, 3.8) is 0 Å². The molecule has 0 aliphatic carbocycles. The second-order valence-corrected chi connectivity index (χ2v) is 11.2. The van der Waals surface area contributed by atoms with E-state index in [1.54, 1.807) is 24.3 Å². The first-order chi connectivity index (χ1) is 19.4. The molecule has 5 rings (SSSR count). The van der Waals surface area contributed by atoms with Crippen LogP contribution in [0.2, 0.25) is 0 Å². The number of halogens is 6. The topological polar surface area (TPSA) is 150 Å². The van der Waals surface area contributed by atoms with Crippen molar-refractivity contribution in [1.82, 2.24) is 19.5 Å². The summed E-state index contributed by atoms with van der Waals surface area (Å²) in [5.41, 5.74) is 1.42. The predicted octanol–water partition coefficient (Wildman–Crippen LogP) is 4.24. The van der Waals surface area contributed by atoms with Crippen molar-refractivity contribution in [3.05, 3.63) is 77.9 Å². The van der Waals surface area contributed by atoms with Gasteiger partial charge >= 0.3 is 12.4 Å². The molecule has 0 saturated carbocycles. The Labute approximate surface area is 233 Å². The molecule has 220 valence electrons. The van der Waals surface area contributed by atoms with Crippen LogP contribution < -0.4 is 15.8 Å². The number of hydrogen-bond acceptors (Lipinski definition) is 7. The normalized spacial score (nSPS) is 17.5. The van der Waals surface area contributed by atoms with Crippen LogP contribution in [0.3, 0.4) is 0 Å². The van der Waals surface area contributed by atoms with E-state index in [2.05, 4.69) is 15.0 Å². The number of sulfonamides is 1. The van der Waals surface area contributed by atoms with Gasteiger partial charge in [0.05, 0.1) is 23.0 Å². The summed E-state index contributed by atoms with van der Waals surface area (Å²) in [6.07, 6.45) is -7.12. The third-order valence-electron chi connectivity index (χ3n) is 6.75. The fraction of sp³-hybridized carbons (Fsp3) is 0.200.